The summed E-state index contributed by atoms with van der Waals surface area (Å²) in [7, 11) is 0. The Labute approximate surface area is 119 Å². The van der Waals surface area contributed by atoms with Gasteiger partial charge in [-0.3, -0.25) is 9.69 Å². The molecule has 1 aromatic carbocycles. The number of nitrogens with zero attached hydrogens (tertiary/aromatic N) is 1. The Morgan fingerprint density at radius 3 is 2.50 bits per heavy atom. The molecule has 2 aliphatic rings. The van der Waals surface area contributed by atoms with Crippen LogP contribution in [0.2, 0.25) is 0 Å². The Hall–Kier alpha value is -1.42. The third kappa shape index (κ3) is 3.37. The van der Waals surface area contributed by atoms with Crippen molar-refractivity contribution in [2.45, 2.75) is 57.3 Å². The molecule has 0 radical (unpaired) electrons. The zero-order chi connectivity index (χ0) is 14.1. The monoisotopic (exact) mass is 276 g/mol. The van der Waals surface area contributed by atoms with E-state index in [-0.39, 0.29) is 17.8 Å². The first-order chi connectivity index (χ1) is 9.63. The fourth-order valence-electron chi connectivity index (χ4n) is 2.49. The first-order valence-corrected chi connectivity index (χ1v) is 7.44. The second-order valence-electron chi connectivity index (χ2n) is 5.99. The van der Waals surface area contributed by atoms with Crippen LogP contribution in [0.1, 0.15) is 38.2 Å². The largest absolute Gasteiger partial charge is 0.352 e. The Bertz CT molecular complexity index is 480. The van der Waals surface area contributed by atoms with Gasteiger partial charge in [-0.2, -0.15) is 0 Å². The lowest BCUT2D eigenvalue weighted by Gasteiger charge is -2.28. The maximum Gasteiger partial charge on any atom is 0.237 e. The lowest BCUT2D eigenvalue weighted by molar-refractivity contribution is -0.126. The molecule has 3 rings (SSSR count). The first-order valence-electron chi connectivity index (χ1n) is 7.44. The predicted molar refractivity (Wildman–Crippen MR) is 75.6 cm³/mol. The SMILES string of the molecule is C[C@@H](C(=O)NC1CC1)N(Cc1ccc(F)cc1)C1CC1. The van der Waals surface area contributed by atoms with Gasteiger partial charge in [-0.15, -0.1) is 0 Å². The molecule has 0 unspecified atom stereocenters. The van der Waals surface area contributed by atoms with Gasteiger partial charge >= 0.3 is 0 Å². The second-order valence-corrected chi connectivity index (χ2v) is 5.99. The number of carbonyl (C=O) groups is 1. The van der Waals surface area contributed by atoms with E-state index >= 15 is 0 Å². The normalized spacial score (nSPS) is 19.9. The van der Waals surface area contributed by atoms with Gasteiger partial charge in [0.05, 0.1) is 6.04 Å². The van der Waals surface area contributed by atoms with Crippen LogP contribution in [0.5, 0.6) is 0 Å². The van der Waals surface area contributed by atoms with Crippen LogP contribution in [0.3, 0.4) is 0 Å². The van der Waals surface area contributed by atoms with Crippen molar-refractivity contribution in [1.29, 1.82) is 0 Å². The van der Waals surface area contributed by atoms with E-state index in [9.17, 15) is 9.18 Å². The van der Waals surface area contributed by atoms with Gasteiger partial charge in [-0.05, 0) is 50.3 Å². The third-order valence-electron chi connectivity index (χ3n) is 4.09. The molecule has 0 spiro atoms. The molecule has 1 amide bonds. The summed E-state index contributed by atoms with van der Waals surface area (Å²) in [6, 6.07) is 7.35. The minimum Gasteiger partial charge on any atom is -0.352 e. The molecule has 4 heteroatoms. The van der Waals surface area contributed by atoms with Gasteiger partial charge in [0.2, 0.25) is 5.91 Å². The van der Waals surface area contributed by atoms with E-state index in [2.05, 4.69) is 10.2 Å². The Morgan fingerprint density at radius 1 is 1.30 bits per heavy atom. The number of amides is 1. The summed E-state index contributed by atoms with van der Waals surface area (Å²) in [5.41, 5.74) is 1.06. The molecule has 0 saturated heterocycles. The lowest BCUT2D eigenvalue weighted by Crippen LogP contribution is -2.46. The van der Waals surface area contributed by atoms with Crippen LogP contribution in [0, 0.1) is 5.82 Å². The standard InChI is InChI=1S/C16H21FN2O/c1-11(16(20)18-14-6-7-14)19(15-8-9-15)10-12-2-4-13(17)5-3-12/h2-5,11,14-15H,6-10H2,1H3,(H,18,20)/t11-/m0/s1. The molecule has 2 aliphatic carbocycles. The fraction of sp³-hybridized carbons (Fsp3) is 0.562. The number of benzene rings is 1. The Morgan fingerprint density at radius 2 is 1.95 bits per heavy atom. The van der Waals surface area contributed by atoms with E-state index in [1.165, 1.54) is 12.1 Å². The van der Waals surface area contributed by atoms with E-state index in [4.69, 9.17) is 0 Å². The molecule has 0 bridgehead atoms. The minimum absolute atomic E-state index is 0.117. The average molecular weight is 276 g/mol. The summed E-state index contributed by atoms with van der Waals surface area (Å²) in [6.07, 6.45) is 4.53. The van der Waals surface area contributed by atoms with E-state index in [1.54, 1.807) is 12.1 Å². The molecular weight excluding hydrogens is 255 g/mol. The number of nitrogens with one attached hydrogen (secondary N) is 1. The molecule has 2 fully saturated rings. The molecule has 20 heavy (non-hydrogen) atoms. The summed E-state index contributed by atoms with van der Waals surface area (Å²) in [5.74, 6) is -0.0900. The molecule has 0 aromatic heterocycles. The molecular formula is C16H21FN2O. The van der Waals surface area contributed by atoms with Crippen molar-refractivity contribution in [3.63, 3.8) is 0 Å². The quantitative estimate of drug-likeness (QED) is 0.865. The highest BCUT2D eigenvalue weighted by Gasteiger charge is 2.36. The van der Waals surface area contributed by atoms with Crippen molar-refractivity contribution in [3.8, 4) is 0 Å². The number of carbonyl (C=O) groups excluding carboxylic acids is 1. The predicted octanol–water partition coefficient (Wildman–Crippen LogP) is 2.46. The summed E-state index contributed by atoms with van der Waals surface area (Å²) >= 11 is 0. The zero-order valence-electron chi connectivity index (χ0n) is 11.8. The summed E-state index contributed by atoms with van der Waals surface area (Å²) in [5, 5.41) is 3.07. The van der Waals surface area contributed by atoms with Crippen molar-refractivity contribution in [1.82, 2.24) is 10.2 Å². The van der Waals surface area contributed by atoms with Crippen LogP contribution in [-0.2, 0) is 11.3 Å². The molecule has 0 aliphatic heterocycles. The molecule has 1 N–H and O–H groups in total. The van der Waals surface area contributed by atoms with E-state index < -0.39 is 0 Å². The number of halogens is 1. The van der Waals surface area contributed by atoms with E-state index in [1.807, 2.05) is 6.92 Å². The number of hydrogen-bond acceptors (Lipinski definition) is 2. The van der Waals surface area contributed by atoms with E-state index in [0.717, 1.165) is 31.2 Å². The van der Waals surface area contributed by atoms with Crippen molar-refractivity contribution in [2.75, 3.05) is 0 Å². The minimum atomic E-state index is -0.216. The van der Waals surface area contributed by atoms with Crippen LogP contribution < -0.4 is 5.32 Å². The van der Waals surface area contributed by atoms with Crippen LogP contribution in [0.15, 0.2) is 24.3 Å². The van der Waals surface area contributed by atoms with Gasteiger partial charge in [-0.1, -0.05) is 12.1 Å². The van der Waals surface area contributed by atoms with Gasteiger partial charge in [-0.25, -0.2) is 4.39 Å². The maximum absolute atomic E-state index is 13.0. The molecule has 2 saturated carbocycles. The maximum atomic E-state index is 13.0. The third-order valence-corrected chi connectivity index (χ3v) is 4.09. The molecule has 1 aromatic rings. The van der Waals surface area contributed by atoms with Crippen LogP contribution in [0.25, 0.3) is 0 Å². The Balaban J connectivity index is 1.65. The second kappa shape index (κ2) is 5.52. The number of rotatable bonds is 6. The summed E-state index contributed by atoms with van der Waals surface area (Å²) in [6.45, 7) is 2.68. The molecule has 3 nitrogen and oxygen atoms in total. The highest BCUT2D eigenvalue weighted by molar-refractivity contribution is 5.82. The van der Waals surface area contributed by atoms with Crippen LogP contribution in [-0.4, -0.2) is 28.9 Å². The van der Waals surface area contributed by atoms with Gasteiger partial charge in [0.1, 0.15) is 5.82 Å². The summed E-state index contributed by atoms with van der Waals surface area (Å²) < 4.78 is 13.0. The Kier molecular flexibility index (Phi) is 3.74. The van der Waals surface area contributed by atoms with Gasteiger partial charge < -0.3 is 5.32 Å². The van der Waals surface area contributed by atoms with Gasteiger partial charge in [0, 0.05) is 18.6 Å². The van der Waals surface area contributed by atoms with E-state index in [0.29, 0.717) is 18.6 Å². The summed E-state index contributed by atoms with van der Waals surface area (Å²) in [4.78, 5) is 14.4. The smallest absolute Gasteiger partial charge is 0.237 e. The highest BCUT2D eigenvalue weighted by Crippen LogP contribution is 2.30. The zero-order valence-corrected chi connectivity index (χ0v) is 11.8. The van der Waals surface area contributed by atoms with Crippen molar-refractivity contribution in [3.05, 3.63) is 35.6 Å². The number of hydrogen-bond donors (Lipinski definition) is 1. The van der Waals surface area contributed by atoms with Crippen molar-refractivity contribution in [2.24, 2.45) is 0 Å². The van der Waals surface area contributed by atoms with Crippen LogP contribution in [0.4, 0.5) is 4.39 Å². The van der Waals surface area contributed by atoms with Gasteiger partial charge in [0.25, 0.3) is 0 Å². The first kappa shape index (κ1) is 13.6. The highest BCUT2D eigenvalue weighted by atomic mass is 19.1. The fourth-order valence-corrected chi connectivity index (χ4v) is 2.49. The lowest BCUT2D eigenvalue weighted by atomic mass is 10.1. The molecule has 108 valence electrons. The average Bonchev–Trinajstić information content (AvgIpc) is 3.30. The van der Waals surface area contributed by atoms with Gasteiger partial charge in [0.15, 0.2) is 0 Å². The van der Waals surface area contributed by atoms with Crippen LogP contribution >= 0.6 is 0 Å². The molecule has 1 atom stereocenters. The van der Waals surface area contributed by atoms with Crippen molar-refractivity contribution < 1.29 is 9.18 Å². The topological polar surface area (TPSA) is 32.3 Å². The molecule has 0 heterocycles. The van der Waals surface area contributed by atoms with Crippen molar-refractivity contribution >= 4 is 5.91 Å².